The molecule has 4 rings (SSSR count). The molecule has 1 aliphatic carbocycles. The van der Waals surface area contributed by atoms with Crippen molar-refractivity contribution in [3.63, 3.8) is 0 Å². The van der Waals surface area contributed by atoms with Crippen molar-refractivity contribution in [3.05, 3.63) is 99.8 Å². The van der Waals surface area contributed by atoms with Crippen LogP contribution in [0.15, 0.2) is 66.9 Å². The van der Waals surface area contributed by atoms with E-state index in [0.29, 0.717) is 0 Å². The van der Waals surface area contributed by atoms with E-state index in [9.17, 15) is 0 Å². The fourth-order valence-corrected chi connectivity index (χ4v) is 3.40. The zero-order valence-electron chi connectivity index (χ0n) is 12.7. The van der Waals surface area contributed by atoms with Gasteiger partial charge in [0.05, 0.1) is 0 Å². The highest BCUT2D eigenvalue weighted by Crippen LogP contribution is 2.34. The molecule has 0 spiro atoms. The van der Waals surface area contributed by atoms with Crippen molar-refractivity contribution in [1.82, 2.24) is 4.98 Å². The average Bonchev–Trinajstić information content (AvgIpc) is 2.73. The van der Waals surface area contributed by atoms with E-state index in [2.05, 4.69) is 47.5 Å². The van der Waals surface area contributed by atoms with Crippen LogP contribution in [0.2, 0.25) is 5.02 Å². The maximum atomic E-state index is 6.15. The summed E-state index contributed by atoms with van der Waals surface area (Å²) in [5.41, 5.74) is 7.38. The van der Waals surface area contributed by atoms with E-state index < -0.39 is 0 Å². The minimum Gasteiger partial charge on any atom is -0.261 e. The Balaban J connectivity index is 1.97. The van der Waals surface area contributed by atoms with Gasteiger partial charge >= 0.3 is 0 Å². The summed E-state index contributed by atoms with van der Waals surface area (Å²) < 4.78 is 0. The van der Waals surface area contributed by atoms with Crippen molar-refractivity contribution < 1.29 is 0 Å². The summed E-state index contributed by atoms with van der Waals surface area (Å²) in [5, 5.41) is 0.757. The summed E-state index contributed by atoms with van der Waals surface area (Å²) in [6.45, 7) is 0. The Hall–Kier alpha value is -2.38. The minimum absolute atomic E-state index is 0.757. The second kappa shape index (κ2) is 6.02. The Bertz CT molecular complexity index is 846. The normalized spacial score (nSPS) is 14.9. The first-order valence-corrected chi connectivity index (χ1v) is 8.19. The SMILES string of the molecule is Clc1cccc(/C=C2/c3ccccc3CCc3ncccc32)c1. The molecule has 1 aliphatic rings. The van der Waals surface area contributed by atoms with Crippen LogP contribution in [0.4, 0.5) is 0 Å². The number of aromatic nitrogens is 1. The van der Waals surface area contributed by atoms with E-state index >= 15 is 0 Å². The molecule has 0 amide bonds. The summed E-state index contributed by atoms with van der Waals surface area (Å²) in [6.07, 6.45) is 6.09. The number of rotatable bonds is 1. The highest BCUT2D eigenvalue weighted by molar-refractivity contribution is 6.30. The minimum atomic E-state index is 0.757. The highest BCUT2D eigenvalue weighted by Gasteiger charge is 2.18. The van der Waals surface area contributed by atoms with Gasteiger partial charge in [0.1, 0.15) is 0 Å². The monoisotopic (exact) mass is 317 g/mol. The first-order valence-electron chi connectivity index (χ1n) is 7.81. The topological polar surface area (TPSA) is 12.9 Å². The zero-order valence-corrected chi connectivity index (χ0v) is 13.4. The van der Waals surface area contributed by atoms with E-state index in [1.165, 1.54) is 22.3 Å². The van der Waals surface area contributed by atoms with Crippen molar-refractivity contribution in [2.24, 2.45) is 0 Å². The number of halogens is 1. The van der Waals surface area contributed by atoms with Gasteiger partial charge in [0.15, 0.2) is 0 Å². The third-order valence-corrected chi connectivity index (χ3v) is 4.51. The van der Waals surface area contributed by atoms with Crippen molar-refractivity contribution in [1.29, 1.82) is 0 Å². The summed E-state index contributed by atoms with van der Waals surface area (Å²) in [4.78, 5) is 4.60. The van der Waals surface area contributed by atoms with Gasteiger partial charge < -0.3 is 0 Å². The van der Waals surface area contributed by atoms with E-state index in [4.69, 9.17) is 11.6 Å². The van der Waals surface area contributed by atoms with E-state index in [1.807, 2.05) is 30.5 Å². The van der Waals surface area contributed by atoms with Crippen molar-refractivity contribution in [3.8, 4) is 0 Å². The number of fused-ring (bicyclic) bond motifs is 2. The molecule has 0 fully saturated rings. The highest BCUT2D eigenvalue weighted by atomic mass is 35.5. The first-order chi connectivity index (χ1) is 11.3. The van der Waals surface area contributed by atoms with Crippen LogP contribution in [0.25, 0.3) is 11.6 Å². The average molecular weight is 318 g/mol. The lowest BCUT2D eigenvalue weighted by Crippen LogP contribution is -1.95. The lowest BCUT2D eigenvalue weighted by Gasteiger charge is -2.11. The van der Waals surface area contributed by atoms with Gasteiger partial charge in [-0.2, -0.15) is 0 Å². The molecule has 0 atom stereocenters. The number of hydrogen-bond acceptors (Lipinski definition) is 1. The number of hydrogen-bond donors (Lipinski definition) is 0. The number of aryl methyl sites for hydroxylation is 2. The van der Waals surface area contributed by atoms with Crippen LogP contribution in [-0.2, 0) is 12.8 Å². The molecule has 0 bridgehead atoms. The third kappa shape index (κ3) is 2.80. The van der Waals surface area contributed by atoms with Crippen LogP contribution in [0.3, 0.4) is 0 Å². The zero-order chi connectivity index (χ0) is 15.6. The summed E-state index contributed by atoms with van der Waals surface area (Å²) in [5.74, 6) is 0. The van der Waals surface area contributed by atoms with E-state index in [1.54, 1.807) is 0 Å². The van der Waals surface area contributed by atoms with Gasteiger partial charge in [0, 0.05) is 22.5 Å². The predicted molar refractivity (Wildman–Crippen MR) is 96.5 cm³/mol. The lowest BCUT2D eigenvalue weighted by atomic mass is 9.93. The molecule has 0 saturated carbocycles. The fraction of sp³-hybridized carbons (Fsp3) is 0.0952. The molecule has 0 saturated heterocycles. The van der Waals surface area contributed by atoms with E-state index in [0.717, 1.165) is 29.1 Å². The molecule has 1 aromatic heterocycles. The van der Waals surface area contributed by atoms with E-state index in [-0.39, 0.29) is 0 Å². The van der Waals surface area contributed by atoms with Crippen LogP contribution < -0.4 is 0 Å². The Morgan fingerprint density at radius 3 is 2.65 bits per heavy atom. The maximum absolute atomic E-state index is 6.15. The number of nitrogens with zero attached hydrogens (tertiary/aromatic N) is 1. The van der Waals surface area contributed by atoms with Gasteiger partial charge in [-0.3, -0.25) is 4.98 Å². The molecule has 1 nitrogen and oxygen atoms in total. The Morgan fingerprint density at radius 2 is 1.74 bits per heavy atom. The molecule has 0 aliphatic heterocycles. The van der Waals surface area contributed by atoms with Gasteiger partial charge in [0.2, 0.25) is 0 Å². The lowest BCUT2D eigenvalue weighted by molar-refractivity contribution is 0.918. The van der Waals surface area contributed by atoms with Crippen LogP contribution in [0.5, 0.6) is 0 Å². The third-order valence-electron chi connectivity index (χ3n) is 4.28. The summed E-state index contributed by atoms with van der Waals surface area (Å²) in [7, 11) is 0. The molecule has 2 heteroatoms. The van der Waals surface area contributed by atoms with Crippen molar-refractivity contribution in [2.45, 2.75) is 12.8 Å². The summed E-state index contributed by atoms with van der Waals surface area (Å²) >= 11 is 6.15. The molecular formula is C21H16ClN. The number of benzene rings is 2. The van der Waals surface area contributed by atoms with Gasteiger partial charge in [0.25, 0.3) is 0 Å². The summed E-state index contributed by atoms with van der Waals surface area (Å²) in [6, 6.07) is 20.8. The standard InChI is InChI=1S/C21H16ClN/c22-17-7-3-5-15(13-17)14-20-18-8-2-1-6-16(18)10-11-21-19(20)9-4-12-23-21/h1-9,12-14H,10-11H2/b20-14-. The second-order valence-electron chi connectivity index (χ2n) is 5.77. The predicted octanol–water partition coefficient (Wildman–Crippen LogP) is 5.42. The van der Waals surface area contributed by atoms with Crippen LogP contribution in [0, 0.1) is 0 Å². The molecule has 3 aromatic rings. The van der Waals surface area contributed by atoms with Crippen molar-refractivity contribution in [2.75, 3.05) is 0 Å². The van der Waals surface area contributed by atoms with Crippen LogP contribution in [-0.4, -0.2) is 4.98 Å². The molecule has 23 heavy (non-hydrogen) atoms. The second-order valence-corrected chi connectivity index (χ2v) is 6.20. The van der Waals surface area contributed by atoms with Crippen LogP contribution >= 0.6 is 11.6 Å². The molecule has 0 radical (unpaired) electrons. The van der Waals surface area contributed by atoms with Gasteiger partial charge in [-0.15, -0.1) is 0 Å². The smallest absolute Gasteiger partial charge is 0.0485 e. The Labute approximate surface area is 141 Å². The van der Waals surface area contributed by atoms with Gasteiger partial charge in [-0.05, 0) is 59.4 Å². The first kappa shape index (κ1) is 14.2. The van der Waals surface area contributed by atoms with Crippen LogP contribution in [0.1, 0.15) is 27.9 Å². The quantitative estimate of drug-likeness (QED) is 0.583. The Morgan fingerprint density at radius 1 is 0.870 bits per heavy atom. The number of pyridine rings is 1. The van der Waals surface area contributed by atoms with Gasteiger partial charge in [-0.1, -0.05) is 54.1 Å². The van der Waals surface area contributed by atoms with Gasteiger partial charge in [-0.25, -0.2) is 0 Å². The largest absolute Gasteiger partial charge is 0.261 e. The molecule has 2 aromatic carbocycles. The molecule has 112 valence electrons. The molecule has 0 unspecified atom stereocenters. The Kier molecular flexibility index (Phi) is 3.72. The fourth-order valence-electron chi connectivity index (χ4n) is 3.20. The molecular weight excluding hydrogens is 302 g/mol. The maximum Gasteiger partial charge on any atom is 0.0485 e. The molecule has 1 heterocycles. The molecule has 0 N–H and O–H groups in total. The van der Waals surface area contributed by atoms with Crippen molar-refractivity contribution >= 4 is 23.3 Å².